The van der Waals surface area contributed by atoms with Crippen LogP contribution in [0.4, 0.5) is 0 Å². The zero-order chi connectivity index (χ0) is 17.0. The molecule has 1 aromatic rings. The molecule has 1 fully saturated rings. The highest BCUT2D eigenvalue weighted by molar-refractivity contribution is 5.89. The molecule has 0 aliphatic carbocycles. The lowest BCUT2D eigenvalue weighted by Gasteiger charge is -2.41. The van der Waals surface area contributed by atoms with Crippen LogP contribution in [0.5, 0.6) is 0 Å². The number of hydrogen-bond donors (Lipinski definition) is 4. The van der Waals surface area contributed by atoms with Gasteiger partial charge in [0.15, 0.2) is 12.4 Å². The van der Waals surface area contributed by atoms with Crippen LogP contribution >= 0.6 is 0 Å². The van der Waals surface area contributed by atoms with E-state index in [0.717, 1.165) is 0 Å². The Hall–Kier alpha value is -2.00. The average molecular weight is 325 g/mol. The number of ether oxygens (including phenoxy) is 2. The third-order valence-electron chi connectivity index (χ3n) is 3.50. The number of rotatable bonds is 4. The fourth-order valence-corrected chi connectivity index (χ4v) is 2.38. The van der Waals surface area contributed by atoms with Crippen molar-refractivity contribution in [3.8, 4) is 0 Å². The van der Waals surface area contributed by atoms with Crippen molar-refractivity contribution < 1.29 is 34.4 Å². The van der Waals surface area contributed by atoms with Crippen LogP contribution in [0.3, 0.4) is 0 Å². The number of aliphatic hydroxyl groups is 3. The van der Waals surface area contributed by atoms with Gasteiger partial charge in [-0.1, -0.05) is 18.2 Å². The molecule has 1 aromatic carbocycles. The number of benzene rings is 1. The summed E-state index contributed by atoms with van der Waals surface area (Å²) in [7, 11) is 0. The standard InChI is InChI=1S/C15H19NO7/c1-8(18)16-11-13(12(19)10(7-17)22-15(11)21)23-14(20)9-5-3-2-4-6-9/h2-6,10-13,15,17,19,21H,7H2,1H3,(H,16,18)/t10-,11-,12-,13-,15+/m1/s1. The Labute approximate surface area is 132 Å². The fraction of sp³-hybridized carbons (Fsp3) is 0.467. The Morgan fingerprint density at radius 3 is 2.48 bits per heavy atom. The Morgan fingerprint density at radius 1 is 1.26 bits per heavy atom. The minimum atomic E-state index is -1.53. The van der Waals surface area contributed by atoms with Crippen molar-refractivity contribution in [2.24, 2.45) is 0 Å². The zero-order valence-electron chi connectivity index (χ0n) is 12.5. The Kier molecular flexibility index (Phi) is 5.67. The van der Waals surface area contributed by atoms with E-state index < -0.39 is 49.1 Å². The monoisotopic (exact) mass is 325 g/mol. The molecule has 126 valence electrons. The number of amides is 1. The smallest absolute Gasteiger partial charge is 0.338 e. The van der Waals surface area contributed by atoms with Crippen molar-refractivity contribution in [1.82, 2.24) is 5.32 Å². The summed E-state index contributed by atoms with van der Waals surface area (Å²) in [5.74, 6) is -1.22. The molecule has 8 heteroatoms. The second kappa shape index (κ2) is 7.51. The maximum atomic E-state index is 12.2. The zero-order valence-corrected chi connectivity index (χ0v) is 12.5. The second-order valence-electron chi connectivity index (χ2n) is 5.20. The van der Waals surface area contributed by atoms with E-state index in [9.17, 15) is 24.9 Å². The van der Waals surface area contributed by atoms with E-state index in [0.29, 0.717) is 0 Å². The third-order valence-corrected chi connectivity index (χ3v) is 3.50. The van der Waals surface area contributed by atoms with Crippen LogP contribution in [-0.2, 0) is 14.3 Å². The summed E-state index contributed by atoms with van der Waals surface area (Å²) >= 11 is 0. The molecular formula is C15H19NO7. The molecule has 2 rings (SSSR count). The second-order valence-corrected chi connectivity index (χ2v) is 5.20. The van der Waals surface area contributed by atoms with E-state index in [1.165, 1.54) is 19.1 Å². The fourth-order valence-electron chi connectivity index (χ4n) is 2.38. The molecule has 5 atom stereocenters. The van der Waals surface area contributed by atoms with Crippen molar-refractivity contribution in [1.29, 1.82) is 0 Å². The van der Waals surface area contributed by atoms with Gasteiger partial charge in [0.1, 0.15) is 18.2 Å². The summed E-state index contributed by atoms with van der Waals surface area (Å²) in [6, 6.07) is 6.92. The van der Waals surface area contributed by atoms with Crippen molar-refractivity contribution in [2.75, 3.05) is 6.61 Å². The Balaban J connectivity index is 2.21. The first-order chi connectivity index (χ1) is 10.9. The van der Waals surface area contributed by atoms with Crippen LogP contribution in [0.1, 0.15) is 17.3 Å². The highest BCUT2D eigenvalue weighted by atomic mass is 16.6. The highest BCUT2D eigenvalue weighted by Crippen LogP contribution is 2.23. The maximum Gasteiger partial charge on any atom is 0.338 e. The van der Waals surface area contributed by atoms with Gasteiger partial charge in [0, 0.05) is 6.92 Å². The summed E-state index contributed by atoms with van der Waals surface area (Å²) in [5.41, 5.74) is 0.253. The highest BCUT2D eigenvalue weighted by Gasteiger charge is 2.47. The first-order valence-corrected chi connectivity index (χ1v) is 7.09. The van der Waals surface area contributed by atoms with Crippen molar-refractivity contribution in [2.45, 2.75) is 37.6 Å². The molecule has 0 unspecified atom stereocenters. The molecule has 0 aromatic heterocycles. The summed E-state index contributed by atoms with van der Waals surface area (Å²) < 4.78 is 10.3. The average Bonchev–Trinajstić information content (AvgIpc) is 2.54. The predicted octanol–water partition coefficient (Wildman–Crippen LogP) is -1.21. The van der Waals surface area contributed by atoms with Gasteiger partial charge in [-0.15, -0.1) is 0 Å². The lowest BCUT2D eigenvalue weighted by atomic mass is 9.96. The van der Waals surface area contributed by atoms with Crippen LogP contribution in [0, 0.1) is 0 Å². The van der Waals surface area contributed by atoms with Crippen LogP contribution < -0.4 is 5.32 Å². The molecule has 23 heavy (non-hydrogen) atoms. The van der Waals surface area contributed by atoms with Crippen LogP contribution in [0.2, 0.25) is 0 Å². The predicted molar refractivity (Wildman–Crippen MR) is 77.2 cm³/mol. The van der Waals surface area contributed by atoms with Gasteiger partial charge in [0.25, 0.3) is 0 Å². The SMILES string of the molecule is CC(=O)N[C@@H]1[C@@H](OC(=O)c2ccccc2)[C@H](O)[C@@H](CO)O[C@@H]1O. The van der Waals surface area contributed by atoms with Crippen molar-refractivity contribution >= 4 is 11.9 Å². The van der Waals surface area contributed by atoms with Gasteiger partial charge in [0.05, 0.1) is 12.2 Å². The number of carbonyl (C=O) groups excluding carboxylic acids is 2. The summed E-state index contributed by atoms with van der Waals surface area (Å²) in [4.78, 5) is 23.4. The third kappa shape index (κ3) is 4.05. The van der Waals surface area contributed by atoms with Gasteiger partial charge in [0.2, 0.25) is 5.91 Å². The Morgan fingerprint density at radius 2 is 1.91 bits per heavy atom. The van der Waals surface area contributed by atoms with Crippen molar-refractivity contribution in [3.63, 3.8) is 0 Å². The maximum absolute atomic E-state index is 12.2. The quantitative estimate of drug-likeness (QED) is 0.512. The minimum Gasteiger partial charge on any atom is -0.453 e. The van der Waals surface area contributed by atoms with E-state index in [-0.39, 0.29) is 5.56 Å². The van der Waals surface area contributed by atoms with E-state index in [4.69, 9.17) is 9.47 Å². The van der Waals surface area contributed by atoms with Gasteiger partial charge in [-0.25, -0.2) is 4.79 Å². The number of carbonyl (C=O) groups is 2. The summed E-state index contributed by atoms with van der Waals surface area (Å²) in [5, 5.41) is 31.7. The van der Waals surface area contributed by atoms with Gasteiger partial charge < -0.3 is 30.1 Å². The lowest BCUT2D eigenvalue weighted by molar-refractivity contribution is -0.253. The van der Waals surface area contributed by atoms with Crippen LogP contribution in [0.15, 0.2) is 30.3 Å². The lowest BCUT2D eigenvalue weighted by Crippen LogP contribution is -2.65. The molecule has 8 nitrogen and oxygen atoms in total. The van der Waals surface area contributed by atoms with Gasteiger partial charge >= 0.3 is 5.97 Å². The first-order valence-electron chi connectivity index (χ1n) is 7.09. The number of hydrogen-bond acceptors (Lipinski definition) is 7. The van der Waals surface area contributed by atoms with Gasteiger partial charge in [-0.2, -0.15) is 0 Å². The molecular weight excluding hydrogens is 306 g/mol. The van der Waals surface area contributed by atoms with E-state index in [2.05, 4.69) is 5.32 Å². The normalized spacial score (nSPS) is 30.5. The molecule has 1 aliphatic heterocycles. The summed E-state index contributed by atoms with van der Waals surface area (Å²) in [6.45, 7) is 0.637. The number of esters is 1. The van der Waals surface area contributed by atoms with Crippen molar-refractivity contribution in [3.05, 3.63) is 35.9 Å². The van der Waals surface area contributed by atoms with Gasteiger partial charge in [-0.05, 0) is 12.1 Å². The number of aliphatic hydroxyl groups excluding tert-OH is 3. The minimum absolute atomic E-state index is 0.253. The molecule has 4 N–H and O–H groups in total. The van der Waals surface area contributed by atoms with E-state index >= 15 is 0 Å². The van der Waals surface area contributed by atoms with E-state index in [1.54, 1.807) is 18.2 Å². The largest absolute Gasteiger partial charge is 0.453 e. The molecule has 0 radical (unpaired) electrons. The Bertz CT molecular complexity index is 550. The van der Waals surface area contributed by atoms with Crippen LogP contribution in [0.25, 0.3) is 0 Å². The van der Waals surface area contributed by atoms with Gasteiger partial charge in [-0.3, -0.25) is 4.79 Å². The summed E-state index contributed by atoms with van der Waals surface area (Å²) in [6.07, 6.45) is -5.35. The molecule has 1 saturated heterocycles. The molecule has 0 bridgehead atoms. The van der Waals surface area contributed by atoms with Crippen LogP contribution in [-0.4, -0.2) is 64.4 Å². The molecule has 0 spiro atoms. The first kappa shape index (κ1) is 17.4. The molecule has 0 saturated carbocycles. The molecule has 1 amide bonds. The topological polar surface area (TPSA) is 125 Å². The van der Waals surface area contributed by atoms with E-state index in [1.807, 2.05) is 0 Å². The molecule has 1 heterocycles. The number of nitrogens with one attached hydrogen (secondary N) is 1. The molecule has 1 aliphatic rings.